The molecule has 0 aliphatic carbocycles. The number of benzene rings is 1. The van der Waals surface area contributed by atoms with E-state index in [1.165, 1.54) is 0 Å². The van der Waals surface area contributed by atoms with E-state index < -0.39 is 0 Å². The van der Waals surface area contributed by atoms with Gasteiger partial charge in [-0.15, -0.1) is 0 Å². The van der Waals surface area contributed by atoms with Crippen LogP contribution in [0, 0.1) is 11.3 Å². The average molecular weight is 280 g/mol. The second-order valence-electron chi connectivity index (χ2n) is 4.51. The van der Waals surface area contributed by atoms with Crippen molar-refractivity contribution in [3.8, 4) is 6.07 Å². The van der Waals surface area contributed by atoms with Crippen LogP contribution in [0.5, 0.6) is 0 Å². The van der Waals surface area contributed by atoms with E-state index in [9.17, 15) is 4.79 Å². The molecular weight excluding hydrogens is 262 g/mol. The Morgan fingerprint density at radius 3 is 2.74 bits per heavy atom. The average Bonchev–Trinajstić information content (AvgIpc) is 2.35. The summed E-state index contributed by atoms with van der Waals surface area (Å²) in [5, 5.41) is 12.5. The highest BCUT2D eigenvalue weighted by Gasteiger charge is 2.14. The minimum absolute atomic E-state index is 0.0688. The molecule has 1 amide bonds. The molecule has 0 atom stereocenters. The van der Waals surface area contributed by atoms with Crippen LogP contribution in [-0.4, -0.2) is 25.0 Å². The van der Waals surface area contributed by atoms with Crippen molar-refractivity contribution in [1.29, 1.82) is 5.26 Å². The van der Waals surface area contributed by atoms with Crippen molar-refractivity contribution >= 4 is 23.2 Å². The molecule has 5 heteroatoms. The minimum Gasteiger partial charge on any atom is -0.361 e. The summed E-state index contributed by atoms with van der Waals surface area (Å²) < 4.78 is 0. The Hall–Kier alpha value is -1.73. The molecule has 102 valence electrons. The van der Waals surface area contributed by atoms with Gasteiger partial charge in [0.15, 0.2) is 0 Å². The molecule has 0 aromatic heterocycles. The van der Waals surface area contributed by atoms with Crippen molar-refractivity contribution in [3.63, 3.8) is 0 Å². The maximum Gasteiger partial charge on any atom is 0.239 e. The van der Waals surface area contributed by atoms with Gasteiger partial charge in [0.1, 0.15) is 6.07 Å². The number of anilines is 1. The Morgan fingerprint density at radius 2 is 2.21 bits per heavy atom. The highest BCUT2D eigenvalue weighted by molar-refractivity contribution is 6.30. The van der Waals surface area contributed by atoms with Gasteiger partial charge in [-0.2, -0.15) is 5.26 Å². The number of amides is 1. The number of carbonyl (C=O) groups excluding carboxylic acids is 1. The van der Waals surface area contributed by atoms with Crippen molar-refractivity contribution in [2.24, 2.45) is 0 Å². The zero-order chi connectivity index (χ0) is 14.4. The summed E-state index contributed by atoms with van der Waals surface area (Å²) in [6.45, 7) is 6.59. The highest BCUT2D eigenvalue weighted by atomic mass is 35.5. The molecule has 1 N–H and O–H groups in total. The van der Waals surface area contributed by atoms with Gasteiger partial charge in [-0.1, -0.05) is 11.6 Å². The molecule has 0 bridgehead atoms. The molecule has 0 saturated heterocycles. The molecule has 0 saturated carbocycles. The number of nitrogens with one attached hydrogen (secondary N) is 1. The zero-order valence-corrected chi connectivity index (χ0v) is 12.2. The first kappa shape index (κ1) is 15.3. The molecule has 0 spiro atoms. The van der Waals surface area contributed by atoms with E-state index in [4.69, 9.17) is 16.9 Å². The van der Waals surface area contributed by atoms with Gasteiger partial charge in [0.05, 0.1) is 17.8 Å². The van der Waals surface area contributed by atoms with E-state index in [0.29, 0.717) is 22.8 Å². The SMILES string of the molecule is CCN(CC(=O)NC(C)C)c1cc(Cl)ccc1C#N. The maximum atomic E-state index is 11.8. The number of rotatable bonds is 5. The normalized spacial score (nSPS) is 10.1. The van der Waals surface area contributed by atoms with Crippen molar-refractivity contribution in [2.75, 3.05) is 18.0 Å². The third-order valence-electron chi connectivity index (χ3n) is 2.59. The van der Waals surface area contributed by atoms with Crippen LogP contribution < -0.4 is 10.2 Å². The van der Waals surface area contributed by atoms with Crippen molar-refractivity contribution < 1.29 is 4.79 Å². The minimum atomic E-state index is -0.0688. The molecule has 0 unspecified atom stereocenters. The largest absolute Gasteiger partial charge is 0.361 e. The fraction of sp³-hybridized carbons (Fsp3) is 0.429. The summed E-state index contributed by atoms with van der Waals surface area (Å²) >= 11 is 5.96. The first-order chi connectivity index (χ1) is 8.97. The lowest BCUT2D eigenvalue weighted by atomic mass is 10.1. The third-order valence-corrected chi connectivity index (χ3v) is 2.82. The van der Waals surface area contributed by atoms with Gasteiger partial charge in [0.25, 0.3) is 0 Å². The molecule has 0 heterocycles. The maximum absolute atomic E-state index is 11.8. The fourth-order valence-corrected chi connectivity index (χ4v) is 1.94. The van der Waals surface area contributed by atoms with Crippen LogP contribution in [0.3, 0.4) is 0 Å². The van der Waals surface area contributed by atoms with E-state index in [0.717, 1.165) is 0 Å². The summed E-state index contributed by atoms with van der Waals surface area (Å²) in [6, 6.07) is 7.27. The molecule has 0 radical (unpaired) electrons. The quantitative estimate of drug-likeness (QED) is 0.901. The van der Waals surface area contributed by atoms with E-state index in [1.807, 2.05) is 25.7 Å². The predicted octanol–water partition coefficient (Wildman–Crippen LogP) is 2.56. The van der Waals surface area contributed by atoms with Crippen LogP contribution in [-0.2, 0) is 4.79 Å². The van der Waals surface area contributed by atoms with Crippen LogP contribution >= 0.6 is 11.6 Å². The summed E-state index contributed by atoms with van der Waals surface area (Å²) in [6.07, 6.45) is 0. The number of nitrogens with zero attached hydrogens (tertiary/aromatic N) is 2. The Kier molecular flexibility index (Phi) is 5.65. The van der Waals surface area contributed by atoms with Crippen molar-refractivity contribution in [1.82, 2.24) is 5.32 Å². The molecule has 0 aliphatic rings. The highest BCUT2D eigenvalue weighted by Crippen LogP contribution is 2.24. The summed E-state index contributed by atoms with van der Waals surface area (Å²) in [5.74, 6) is -0.0688. The van der Waals surface area contributed by atoms with Crippen molar-refractivity contribution in [2.45, 2.75) is 26.8 Å². The van der Waals surface area contributed by atoms with E-state index >= 15 is 0 Å². The van der Waals surface area contributed by atoms with E-state index in [1.54, 1.807) is 18.2 Å². The first-order valence-electron chi connectivity index (χ1n) is 6.21. The molecule has 19 heavy (non-hydrogen) atoms. The Bertz CT molecular complexity index is 494. The van der Waals surface area contributed by atoms with Crippen LogP contribution in [0.1, 0.15) is 26.3 Å². The molecule has 1 aromatic rings. The molecule has 0 fully saturated rings. The lowest BCUT2D eigenvalue weighted by molar-refractivity contribution is -0.120. The molecule has 1 rings (SSSR count). The standard InChI is InChI=1S/C14H18ClN3O/c1-4-18(9-14(19)17-10(2)3)13-7-12(15)6-5-11(13)8-16/h5-7,10H,4,9H2,1-3H3,(H,17,19). The number of hydrogen-bond acceptors (Lipinski definition) is 3. The number of likely N-dealkylation sites (N-methyl/N-ethyl adjacent to an activating group) is 1. The summed E-state index contributed by atoms with van der Waals surface area (Å²) in [7, 11) is 0. The number of halogens is 1. The molecule has 4 nitrogen and oxygen atoms in total. The summed E-state index contributed by atoms with van der Waals surface area (Å²) in [5.41, 5.74) is 1.21. The van der Waals surface area contributed by atoms with Gasteiger partial charge >= 0.3 is 0 Å². The lowest BCUT2D eigenvalue weighted by Crippen LogP contribution is -2.40. The smallest absolute Gasteiger partial charge is 0.239 e. The number of carbonyl (C=O) groups is 1. The Morgan fingerprint density at radius 1 is 1.53 bits per heavy atom. The molecule has 1 aromatic carbocycles. The fourth-order valence-electron chi connectivity index (χ4n) is 1.77. The molecule has 0 aliphatic heterocycles. The Balaban J connectivity index is 2.94. The van der Waals surface area contributed by atoms with Crippen LogP contribution in [0.25, 0.3) is 0 Å². The van der Waals surface area contributed by atoms with Gasteiger partial charge in [-0.25, -0.2) is 0 Å². The van der Waals surface area contributed by atoms with Crippen LogP contribution in [0.15, 0.2) is 18.2 Å². The second-order valence-corrected chi connectivity index (χ2v) is 4.95. The predicted molar refractivity (Wildman–Crippen MR) is 77.3 cm³/mol. The third kappa shape index (κ3) is 4.46. The topological polar surface area (TPSA) is 56.1 Å². The first-order valence-corrected chi connectivity index (χ1v) is 6.59. The summed E-state index contributed by atoms with van der Waals surface area (Å²) in [4.78, 5) is 13.6. The number of hydrogen-bond donors (Lipinski definition) is 1. The Labute approximate surface area is 119 Å². The monoisotopic (exact) mass is 279 g/mol. The molecular formula is C14H18ClN3O. The van der Waals surface area contributed by atoms with Gasteiger partial charge in [-0.05, 0) is 39.0 Å². The number of nitriles is 1. The van der Waals surface area contributed by atoms with Crippen LogP contribution in [0.2, 0.25) is 5.02 Å². The second kappa shape index (κ2) is 7.01. The van der Waals surface area contributed by atoms with Crippen molar-refractivity contribution in [3.05, 3.63) is 28.8 Å². The van der Waals surface area contributed by atoms with E-state index in [2.05, 4.69) is 11.4 Å². The van der Waals surface area contributed by atoms with Gasteiger partial charge < -0.3 is 10.2 Å². The van der Waals surface area contributed by atoms with E-state index in [-0.39, 0.29) is 18.5 Å². The van der Waals surface area contributed by atoms with Gasteiger partial charge in [-0.3, -0.25) is 4.79 Å². The van der Waals surface area contributed by atoms with Gasteiger partial charge in [0.2, 0.25) is 5.91 Å². The zero-order valence-electron chi connectivity index (χ0n) is 11.4. The van der Waals surface area contributed by atoms with Crippen LogP contribution in [0.4, 0.5) is 5.69 Å². The lowest BCUT2D eigenvalue weighted by Gasteiger charge is -2.24. The van der Waals surface area contributed by atoms with Gasteiger partial charge in [0, 0.05) is 17.6 Å².